The molecule has 1 aliphatic carbocycles. The Balaban J connectivity index is 1.33. The van der Waals surface area contributed by atoms with Gasteiger partial charge in [-0.3, -0.25) is 9.59 Å². The number of hydrogen-bond acceptors (Lipinski definition) is 7. The largest absolute Gasteiger partial charge is 0.423 e. The minimum absolute atomic E-state index is 0.0000873. The van der Waals surface area contributed by atoms with Crippen molar-refractivity contribution in [2.45, 2.75) is 50.6 Å². The zero-order valence-corrected chi connectivity index (χ0v) is 21.5. The molecule has 0 spiro atoms. The summed E-state index contributed by atoms with van der Waals surface area (Å²) in [5.41, 5.74) is 0.217. The fraction of sp³-hybridized carbons (Fsp3) is 0.346. The monoisotopic (exact) mass is 597 g/mol. The molecule has 9 nitrogen and oxygen atoms in total. The van der Waals surface area contributed by atoms with E-state index >= 15 is 0 Å². The summed E-state index contributed by atoms with van der Waals surface area (Å²) in [5.74, 6) is -2.10. The van der Waals surface area contributed by atoms with E-state index in [4.69, 9.17) is 5.73 Å². The predicted molar refractivity (Wildman–Crippen MR) is 138 cm³/mol. The topological polar surface area (TPSA) is 132 Å². The van der Waals surface area contributed by atoms with E-state index in [-0.39, 0.29) is 34.6 Å². The van der Waals surface area contributed by atoms with Crippen molar-refractivity contribution in [1.82, 2.24) is 24.7 Å². The normalized spacial score (nSPS) is 14.7. The van der Waals surface area contributed by atoms with Gasteiger partial charge in [0.2, 0.25) is 0 Å². The Bertz CT molecular complexity index is 1760. The van der Waals surface area contributed by atoms with Crippen LogP contribution in [0.5, 0.6) is 0 Å². The van der Waals surface area contributed by atoms with E-state index in [2.05, 4.69) is 20.4 Å². The molecule has 3 heterocycles. The third-order valence-electron chi connectivity index (χ3n) is 7.01. The number of aromatic nitrogens is 5. The molecule has 4 aromatic rings. The molecule has 42 heavy (non-hydrogen) atoms. The quantitative estimate of drug-likeness (QED) is 0.245. The van der Waals surface area contributed by atoms with Crippen molar-refractivity contribution in [3.63, 3.8) is 0 Å². The van der Waals surface area contributed by atoms with E-state index in [1.165, 1.54) is 22.9 Å². The Morgan fingerprint density at radius 2 is 1.83 bits per heavy atom. The van der Waals surface area contributed by atoms with Crippen molar-refractivity contribution >= 4 is 22.3 Å². The number of aromatic amines is 1. The van der Waals surface area contributed by atoms with Crippen molar-refractivity contribution in [2.75, 3.05) is 11.1 Å². The number of hydrogen-bond donors (Lipinski definition) is 3. The lowest BCUT2D eigenvalue weighted by molar-refractivity contribution is -0.138. The summed E-state index contributed by atoms with van der Waals surface area (Å²) in [6.07, 6.45) is -4.51. The smallest absolute Gasteiger partial charge is 0.383 e. The minimum Gasteiger partial charge on any atom is -0.383 e. The van der Waals surface area contributed by atoms with E-state index in [1.807, 2.05) is 0 Å². The number of fused-ring (bicyclic) bond motifs is 1. The number of halogens is 7. The number of nitrogens with two attached hydrogens (primary N) is 1. The molecule has 1 aliphatic rings. The zero-order chi connectivity index (χ0) is 30.4. The number of aryl methyl sites for hydroxylation is 1. The van der Waals surface area contributed by atoms with Gasteiger partial charge in [0, 0.05) is 25.0 Å². The van der Waals surface area contributed by atoms with Gasteiger partial charge in [0.1, 0.15) is 22.8 Å². The Kier molecular flexibility index (Phi) is 7.41. The first-order valence-corrected chi connectivity index (χ1v) is 12.7. The number of benzene rings is 1. The van der Waals surface area contributed by atoms with Gasteiger partial charge in [-0.15, -0.1) is 0 Å². The molecule has 1 aromatic carbocycles. The van der Waals surface area contributed by atoms with Crippen LogP contribution in [-0.4, -0.2) is 30.8 Å². The maximum Gasteiger partial charge on any atom is 0.423 e. The number of pyridine rings is 1. The first-order chi connectivity index (χ1) is 19.7. The number of nitrogens with zero attached hydrogens (tertiary/aromatic N) is 4. The molecule has 3 aromatic heterocycles. The summed E-state index contributed by atoms with van der Waals surface area (Å²) >= 11 is 0. The molecule has 0 bridgehead atoms. The minimum atomic E-state index is -4.88. The molecule has 1 atom stereocenters. The van der Waals surface area contributed by atoms with E-state index in [0.29, 0.717) is 19.0 Å². The molecule has 5 rings (SSSR count). The van der Waals surface area contributed by atoms with Crippen LogP contribution in [-0.2, 0) is 18.9 Å². The van der Waals surface area contributed by atoms with Crippen LogP contribution >= 0.6 is 0 Å². The Hall–Kier alpha value is -4.50. The van der Waals surface area contributed by atoms with Crippen LogP contribution in [0.15, 0.2) is 46.4 Å². The van der Waals surface area contributed by atoms with Crippen molar-refractivity contribution < 1.29 is 30.7 Å². The Morgan fingerprint density at radius 3 is 2.48 bits per heavy atom. The molecule has 222 valence electrons. The molecule has 4 N–H and O–H groups in total. The van der Waals surface area contributed by atoms with Crippen molar-refractivity contribution in [3.05, 3.63) is 74.4 Å². The predicted octanol–water partition coefficient (Wildman–Crippen LogP) is 4.97. The standard InChI is InChI=1S/C26H22F7N7O2/c27-17-9-14-13(8-15(17)22-35-10-16(21(34)38-22)25(28,29)30)5-7-40(24(14)42)6-1-2-18(12-3-4-12)37-19-11-36-39-23(41)20(19)26(31,32)33/h5,7-12,18H,1-4,6H2,(H2,34,35,38)(H2,37,39,41). The highest BCUT2D eigenvalue weighted by atomic mass is 19.4. The van der Waals surface area contributed by atoms with Crippen LogP contribution in [0.1, 0.15) is 36.8 Å². The second kappa shape index (κ2) is 10.7. The van der Waals surface area contributed by atoms with Gasteiger partial charge in [0.05, 0.1) is 22.8 Å². The SMILES string of the molecule is Nc1nc(-c2cc3ccn(CCCC(Nc4cn[nH]c(=O)c4C(F)(F)F)C4CC4)c(=O)c3cc2F)ncc1C(F)(F)F. The maximum absolute atomic E-state index is 15.0. The van der Waals surface area contributed by atoms with Gasteiger partial charge < -0.3 is 15.6 Å². The van der Waals surface area contributed by atoms with Gasteiger partial charge in [-0.2, -0.15) is 31.4 Å². The number of alkyl halides is 6. The van der Waals surface area contributed by atoms with Gasteiger partial charge in [-0.05, 0) is 55.2 Å². The van der Waals surface area contributed by atoms with Gasteiger partial charge in [0.15, 0.2) is 5.82 Å². The summed E-state index contributed by atoms with van der Waals surface area (Å²) in [7, 11) is 0. The van der Waals surface area contributed by atoms with Crippen molar-refractivity contribution in [3.8, 4) is 11.4 Å². The number of nitrogen functional groups attached to an aromatic ring is 1. The van der Waals surface area contributed by atoms with Crippen LogP contribution in [0.25, 0.3) is 22.2 Å². The molecule has 1 saturated carbocycles. The Morgan fingerprint density at radius 1 is 1.10 bits per heavy atom. The molecule has 0 aliphatic heterocycles. The second-order valence-electron chi connectivity index (χ2n) is 9.94. The summed E-state index contributed by atoms with van der Waals surface area (Å²) in [4.78, 5) is 32.0. The average molecular weight is 597 g/mol. The summed E-state index contributed by atoms with van der Waals surface area (Å²) in [6, 6.07) is 3.29. The number of H-pyrrole nitrogens is 1. The van der Waals surface area contributed by atoms with E-state index in [1.54, 1.807) is 5.10 Å². The third kappa shape index (κ3) is 5.92. The average Bonchev–Trinajstić information content (AvgIpc) is 3.73. The first kappa shape index (κ1) is 29.0. The summed E-state index contributed by atoms with van der Waals surface area (Å²) in [5, 5.41) is 8.36. The number of nitrogens with one attached hydrogen (secondary N) is 2. The second-order valence-corrected chi connectivity index (χ2v) is 9.94. The van der Waals surface area contributed by atoms with Gasteiger partial charge in [-0.1, -0.05) is 0 Å². The maximum atomic E-state index is 15.0. The molecule has 0 radical (unpaired) electrons. The third-order valence-corrected chi connectivity index (χ3v) is 7.01. The van der Waals surface area contributed by atoms with E-state index in [0.717, 1.165) is 25.1 Å². The van der Waals surface area contributed by atoms with Gasteiger partial charge in [0.25, 0.3) is 11.1 Å². The van der Waals surface area contributed by atoms with Crippen LogP contribution < -0.4 is 22.2 Å². The molecular formula is C26H22F7N7O2. The molecule has 0 saturated heterocycles. The van der Waals surface area contributed by atoms with Gasteiger partial charge in [-0.25, -0.2) is 19.5 Å². The van der Waals surface area contributed by atoms with Crippen molar-refractivity contribution in [1.29, 1.82) is 0 Å². The lowest BCUT2D eigenvalue weighted by Gasteiger charge is -2.21. The molecule has 1 unspecified atom stereocenters. The summed E-state index contributed by atoms with van der Waals surface area (Å²) in [6.45, 7) is 0.168. The molecule has 0 amide bonds. The van der Waals surface area contributed by atoms with Crippen LogP contribution in [0.3, 0.4) is 0 Å². The molecular weight excluding hydrogens is 575 g/mol. The van der Waals surface area contributed by atoms with Crippen molar-refractivity contribution in [2.24, 2.45) is 5.92 Å². The molecule has 1 fully saturated rings. The highest BCUT2D eigenvalue weighted by Crippen LogP contribution is 2.38. The Labute approximate surface area is 231 Å². The van der Waals surface area contributed by atoms with Crippen LogP contribution in [0.2, 0.25) is 0 Å². The number of rotatable bonds is 8. The van der Waals surface area contributed by atoms with Crippen LogP contribution in [0.4, 0.5) is 42.2 Å². The highest BCUT2D eigenvalue weighted by Gasteiger charge is 2.39. The molecule has 16 heteroatoms. The lowest BCUT2D eigenvalue weighted by atomic mass is 10.0. The van der Waals surface area contributed by atoms with E-state index < -0.39 is 58.0 Å². The number of anilines is 2. The first-order valence-electron chi connectivity index (χ1n) is 12.7. The van der Waals surface area contributed by atoms with E-state index in [9.17, 15) is 40.3 Å². The lowest BCUT2D eigenvalue weighted by Crippen LogP contribution is -2.29. The fourth-order valence-corrected chi connectivity index (χ4v) is 4.79. The zero-order valence-electron chi connectivity index (χ0n) is 21.5. The summed E-state index contributed by atoms with van der Waals surface area (Å²) < 4.78 is 95.5. The van der Waals surface area contributed by atoms with Crippen LogP contribution in [0, 0.1) is 11.7 Å². The highest BCUT2D eigenvalue weighted by molar-refractivity contribution is 5.86. The van der Waals surface area contributed by atoms with Gasteiger partial charge >= 0.3 is 12.4 Å². The fourth-order valence-electron chi connectivity index (χ4n) is 4.79.